The van der Waals surface area contributed by atoms with Crippen LogP contribution in [0.4, 0.5) is 10.5 Å². The van der Waals surface area contributed by atoms with Crippen molar-refractivity contribution in [1.29, 1.82) is 0 Å². The third-order valence-electron chi connectivity index (χ3n) is 3.88. The molecule has 1 unspecified atom stereocenters. The molecule has 1 fully saturated rings. The molecule has 0 aliphatic carbocycles. The standard InChI is InChI=1S/C17H22N2O4/c1-3-23-17(22)19-10-6-7-13(11-19)16(21)18-15-9-5-4-8-14(15)12(2)20/h4-5,8-9,13H,3,6-7,10-11H2,1-2H3,(H,18,21). The molecule has 2 rings (SSSR count). The zero-order valence-corrected chi connectivity index (χ0v) is 13.5. The van der Waals surface area contributed by atoms with Gasteiger partial charge in [0.05, 0.1) is 18.2 Å². The van der Waals surface area contributed by atoms with Gasteiger partial charge in [-0.05, 0) is 38.8 Å². The summed E-state index contributed by atoms with van der Waals surface area (Å²) < 4.78 is 4.99. The van der Waals surface area contributed by atoms with Gasteiger partial charge in [-0.25, -0.2) is 4.79 Å². The minimum atomic E-state index is -0.380. The van der Waals surface area contributed by atoms with Crippen LogP contribution < -0.4 is 5.32 Å². The van der Waals surface area contributed by atoms with Crippen molar-refractivity contribution < 1.29 is 19.1 Å². The number of nitrogens with one attached hydrogen (secondary N) is 1. The van der Waals surface area contributed by atoms with E-state index in [4.69, 9.17) is 4.74 Å². The minimum Gasteiger partial charge on any atom is -0.450 e. The van der Waals surface area contributed by atoms with E-state index in [2.05, 4.69) is 5.32 Å². The van der Waals surface area contributed by atoms with Crippen molar-refractivity contribution in [2.75, 3.05) is 25.0 Å². The number of nitrogens with zero attached hydrogens (tertiary/aromatic N) is 1. The van der Waals surface area contributed by atoms with Gasteiger partial charge in [-0.2, -0.15) is 0 Å². The van der Waals surface area contributed by atoms with Gasteiger partial charge in [-0.1, -0.05) is 12.1 Å². The Balaban J connectivity index is 2.03. The molecule has 0 aromatic heterocycles. The monoisotopic (exact) mass is 318 g/mol. The fourth-order valence-corrected chi connectivity index (χ4v) is 2.71. The summed E-state index contributed by atoms with van der Waals surface area (Å²) in [5.74, 6) is -0.571. The zero-order valence-electron chi connectivity index (χ0n) is 13.5. The molecule has 1 aromatic carbocycles. The molecule has 0 spiro atoms. The number of carbonyl (C=O) groups is 3. The van der Waals surface area contributed by atoms with Crippen LogP contribution in [0.25, 0.3) is 0 Å². The number of ether oxygens (including phenoxy) is 1. The average Bonchev–Trinajstić information content (AvgIpc) is 2.55. The van der Waals surface area contributed by atoms with E-state index in [0.717, 1.165) is 6.42 Å². The van der Waals surface area contributed by atoms with E-state index >= 15 is 0 Å². The highest BCUT2D eigenvalue weighted by molar-refractivity contribution is 6.04. The van der Waals surface area contributed by atoms with Crippen LogP contribution in [0.5, 0.6) is 0 Å². The summed E-state index contributed by atoms with van der Waals surface area (Å²) in [6, 6.07) is 6.92. The fourth-order valence-electron chi connectivity index (χ4n) is 2.71. The third kappa shape index (κ3) is 4.31. The summed E-state index contributed by atoms with van der Waals surface area (Å²) in [4.78, 5) is 37.4. The van der Waals surface area contributed by atoms with Gasteiger partial charge in [-0.15, -0.1) is 0 Å². The van der Waals surface area contributed by atoms with Crippen LogP contribution in [0.15, 0.2) is 24.3 Å². The van der Waals surface area contributed by atoms with Gasteiger partial charge in [-0.3, -0.25) is 9.59 Å². The van der Waals surface area contributed by atoms with Crippen molar-refractivity contribution in [1.82, 2.24) is 4.90 Å². The van der Waals surface area contributed by atoms with E-state index in [9.17, 15) is 14.4 Å². The maximum absolute atomic E-state index is 12.5. The Morgan fingerprint density at radius 1 is 1.30 bits per heavy atom. The largest absolute Gasteiger partial charge is 0.450 e. The zero-order chi connectivity index (χ0) is 16.8. The number of hydrogen-bond acceptors (Lipinski definition) is 4. The molecule has 0 bridgehead atoms. The number of carbonyl (C=O) groups excluding carboxylic acids is 3. The van der Waals surface area contributed by atoms with Crippen LogP contribution in [0.3, 0.4) is 0 Å². The summed E-state index contributed by atoms with van der Waals surface area (Å²) in [7, 11) is 0. The molecule has 0 saturated carbocycles. The van der Waals surface area contributed by atoms with E-state index in [1.807, 2.05) is 0 Å². The number of piperidine rings is 1. The van der Waals surface area contributed by atoms with Gasteiger partial charge >= 0.3 is 6.09 Å². The number of ketones is 1. The lowest BCUT2D eigenvalue weighted by Gasteiger charge is -2.31. The topological polar surface area (TPSA) is 75.7 Å². The number of amides is 2. The number of Topliss-reactive ketones (excluding diaryl/α,β-unsaturated/α-hetero) is 1. The van der Waals surface area contributed by atoms with E-state index in [-0.39, 0.29) is 23.7 Å². The summed E-state index contributed by atoms with van der Waals surface area (Å²) in [5, 5.41) is 2.81. The Kier molecular flexibility index (Phi) is 5.73. The predicted molar refractivity (Wildman–Crippen MR) is 86.4 cm³/mol. The van der Waals surface area contributed by atoms with Crippen molar-refractivity contribution in [2.24, 2.45) is 5.92 Å². The van der Waals surface area contributed by atoms with Crippen molar-refractivity contribution in [3.63, 3.8) is 0 Å². The molecule has 1 N–H and O–H groups in total. The SMILES string of the molecule is CCOC(=O)N1CCCC(C(=O)Nc2ccccc2C(C)=O)C1. The van der Waals surface area contributed by atoms with Gasteiger partial charge < -0.3 is 15.0 Å². The maximum atomic E-state index is 12.5. The highest BCUT2D eigenvalue weighted by Gasteiger charge is 2.29. The number of rotatable bonds is 4. The Labute approximate surface area is 135 Å². The van der Waals surface area contributed by atoms with Gasteiger partial charge in [0.2, 0.25) is 5.91 Å². The quantitative estimate of drug-likeness (QED) is 0.866. The van der Waals surface area contributed by atoms with Gasteiger partial charge in [0, 0.05) is 18.7 Å². The van der Waals surface area contributed by atoms with E-state index < -0.39 is 0 Å². The van der Waals surface area contributed by atoms with Crippen molar-refractivity contribution in [3.8, 4) is 0 Å². The second-order valence-corrected chi connectivity index (χ2v) is 5.58. The summed E-state index contributed by atoms with van der Waals surface area (Å²) >= 11 is 0. The molecule has 0 radical (unpaired) electrons. The summed E-state index contributed by atoms with van der Waals surface area (Å²) in [5.41, 5.74) is 0.997. The first-order chi connectivity index (χ1) is 11.0. The van der Waals surface area contributed by atoms with Gasteiger partial charge in [0.15, 0.2) is 5.78 Å². The number of anilines is 1. The third-order valence-corrected chi connectivity index (χ3v) is 3.88. The van der Waals surface area contributed by atoms with Crippen LogP contribution in [0, 0.1) is 5.92 Å². The first-order valence-corrected chi connectivity index (χ1v) is 7.85. The number of hydrogen-bond donors (Lipinski definition) is 1. The molecule has 1 aliphatic heterocycles. The van der Waals surface area contributed by atoms with Gasteiger partial charge in [0.1, 0.15) is 0 Å². The number of para-hydroxylation sites is 1. The Morgan fingerprint density at radius 2 is 2.04 bits per heavy atom. The first kappa shape index (κ1) is 17.0. The van der Waals surface area contributed by atoms with Crippen LogP contribution in [-0.2, 0) is 9.53 Å². The molecule has 1 atom stereocenters. The second kappa shape index (κ2) is 7.76. The Hall–Kier alpha value is -2.37. The highest BCUT2D eigenvalue weighted by Crippen LogP contribution is 2.21. The molecule has 1 aromatic rings. The Bertz CT molecular complexity index is 600. The minimum absolute atomic E-state index is 0.0994. The smallest absolute Gasteiger partial charge is 0.409 e. The summed E-state index contributed by atoms with van der Waals surface area (Å²) in [6.07, 6.45) is 1.09. The predicted octanol–water partition coefficient (Wildman–Crippen LogP) is 2.70. The molecular weight excluding hydrogens is 296 g/mol. The Morgan fingerprint density at radius 3 is 2.74 bits per heavy atom. The molecule has 23 heavy (non-hydrogen) atoms. The highest BCUT2D eigenvalue weighted by atomic mass is 16.6. The van der Waals surface area contributed by atoms with Crippen LogP contribution in [0.1, 0.15) is 37.0 Å². The second-order valence-electron chi connectivity index (χ2n) is 5.58. The summed E-state index contributed by atoms with van der Waals surface area (Å²) in [6.45, 7) is 4.48. The first-order valence-electron chi connectivity index (χ1n) is 7.85. The normalized spacial score (nSPS) is 17.5. The molecule has 1 saturated heterocycles. The lowest BCUT2D eigenvalue weighted by molar-refractivity contribution is -0.121. The molecule has 1 heterocycles. The van der Waals surface area contributed by atoms with E-state index in [1.54, 1.807) is 36.1 Å². The lowest BCUT2D eigenvalue weighted by Crippen LogP contribution is -2.44. The average molecular weight is 318 g/mol. The van der Waals surface area contributed by atoms with Crippen molar-refractivity contribution >= 4 is 23.5 Å². The molecular formula is C17H22N2O4. The molecule has 6 heteroatoms. The van der Waals surface area contributed by atoms with Crippen molar-refractivity contribution in [2.45, 2.75) is 26.7 Å². The van der Waals surface area contributed by atoms with Crippen LogP contribution in [0.2, 0.25) is 0 Å². The molecule has 2 amide bonds. The fraction of sp³-hybridized carbons (Fsp3) is 0.471. The van der Waals surface area contributed by atoms with Crippen molar-refractivity contribution in [3.05, 3.63) is 29.8 Å². The lowest BCUT2D eigenvalue weighted by atomic mass is 9.97. The van der Waals surface area contributed by atoms with E-state index in [1.165, 1.54) is 6.92 Å². The van der Waals surface area contributed by atoms with Crippen LogP contribution >= 0.6 is 0 Å². The number of likely N-dealkylation sites (tertiary alicyclic amines) is 1. The number of benzene rings is 1. The maximum Gasteiger partial charge on any atom is 0.409 e. The van der Waals surface area contributed by atoms with E-state index in [0.29, 0.717) is 37.4 Å². The molecule has 1 aliphatic rings. The van der Waals surface area contributed by atoms with Crippen LogP contribution in [-0.4, -0.2) is 42.4 Å². The molecule has 6 nitrogen and oxygen atoms in total. The molecule has 124 valence electrons. The van der Waals surface area contributed by atoms with Gasteiger partial charge in [0.25, 0.3) is 0 Å².